The topological polar surface area (TPSA) is 36.0 Å². The summed E-state index contributed by atoms with van der Waals surface area (Å²) in [6, 6.07) is 14.6. The maximum absolute atomic E-state index is 13.1. The van der Waals surface area contributed by atoms with Gasteiger partial charge in [0, 0.05) is 43.1 Å². The molecule has 0 radical (unpaired) electrons. The van der Waals surface area contributed by atoms with E-state index in [9.17, 15) is 4.79 Å². The number of benzene rings is 2. The van der Waals surface area contributed by atoms with E-state index < -0.39 is 0 Å². The van der Waals surface area contributed by atoms with Crippen LogP contribution >= 0.6 is 0 Å². The fraction of sp³-hybridized carbons (Fsp3) is 0.536. The van der Waals surface area contributed by atoms with E-state index in [0.717, 1.165) is 43.3 Å². The van der Waals surface area contributed by atoms with Gasteiger partial charge in [0.1, 0.15) is 5.75 Å². The zero-order chi connectivity index (χ0) is 23.5. The number of anilines is 2. The lowest BCUT2D eigenvalue weighted by molar-refractivity contribution is 0.0993. The lowest BCUT2D eigenvalue weighted by atomic mass is 9.89. The summed E-state index contributed by atoms with van der Waals surface area (Å²) in [5, 5.41) is 0. The van der Waals surface area contributed by atoms with Crippen molar-refractivity contribution < 1.29 is 9.53 Å². The van der Waals surface area contributed by atoms with Gasteiger partial charge in [-0.1, -0.05) is 6.92 Å². The third-order valence-corrected chi connectivity index (χ3v) is 7.47. The van der Waals surface area contributed by atoms with Crippen LogP contribution < -0.4 is 14.5 Å². The van der Waals surface area contributed by atoms with E-state index in [0.29, 0.717) is 17.7 Å². The van der Waals surface area contributed by atoms with Crippen LogP contribution in [0, 0.1) is 12.8 Å². The SMILES string of the molecule is Cc1cc(N(C)C(=O)c2ccc(OC3CCC(C)CC3)cc2)ccc1N1CCC(N(C)C)C1. The molecule has 5 nitrogen and oxygen atoms in total. The normalized spacial score (nSPS) is 23.1. The second-order valence-corrected chi connectivity index (χ2v) is 10.2. The van der Waals surface area contributed by atoms with E-state index in [1.165, 1.54) is 30.5 Å². The Hall–Kier alpha value is -2.53. The van der Waals surface area contributed by atoms with Crippen LogP contribution in [0.4, 0.5) is 11.4 Å². The molecule has 5 heteroatoms. The molecule has 2 aliphatic rings. The summed E-state index contributed by atoms with van der Waals surface area (Å²) >= 11 is 0. The first-order valence-electron chi connectivity index (χ1n) is 12.4. The van der Waals surface area contributed by atoms with Gasteiger partial charge in [0.15, 0.2) is 0 Å². The molecule has 1 aliphatic heterocycles. The molecule has 0 bridgehead atoms. The van der Waals surface area contributed by atoms with E-state index in [4.69, 9.17) is 4.74 Å². The predicted octanol–water partition coefficient (Wildman–Crippen LogP) is 5.37. The molecule has 1 unspecified atom stereocenters. The number of aryl methyl sites for hydroxylation is 1. The minimum Gasteiger partial charge on any atom is -0.490 e. The fourth-order valence-corrected chi connectivity index (χ4v) is 5.11. The molecule has 1 aliphatic carbocycles. The predicted molar refractivity (Wildman–Crippen MR) is 137 cm³/mol. The van der Waals surface area contributed by atoms with Crippen molar-refractivity contribution in [3.8, 4) is 5.75 Å². The molecule has 1 saturated heterocycles. The van der Waals surface area contributed by atoms with E-state index >= 15 is 0 Å². The minimum absolute atomic E-state index is 0.00552. The molecule has 0 aromatic heterocycles. The molecule has 0 N–H and O–H groups in total. The summed E-state index contributed by atoms with van der Waals surface area (Å²) in [5.74, 6) is 1.66. The molecule has 33 heavy (non-hydrogen) atoms. The number of carbonyl (C=O) groups excluding carboxylic acids is 1. The van der Waals surface area contributed by atoms with Crippen molar-refractivity contribution in [2.75, 3.05) is 44.0 Å². The number of amides is 1. The van der Waals surface area contributed by atoms with Crippen molar-refractivity contribution >= 4 is 17.3 Å². The van der Waals surface area contributed by atoms with Crippen LogP contribution in [-0.2, 0) is 0 Å². The first-order valence-corrected chi connectivity index (χ1v) is 12.4. The Morgan fingerprint density at radius 3 is 2.27 bits per heavy atom. The van der Waals surface area contributed by atoms with Gasteiger partial charge < -0.3 is 19.4 Å². The lowest BCUT2D eigenvalue weighted by Crippen LogP contribution is -2.31. The van der Waals surface area contributed by atoms with Crippen molar-refractivity contribution in [2.24, 2.45) is 5.92 Å². The van der Waals surface area contributed by atoms with E-state index in [1.807, 2.05) is 31.3 Å². The van der Waals surface area contributed by atoms with E-state index in [1.54, 1.807) is 4.90 Å². The third kappa shape index (κ3) is 5.52. The number of hydrogen-bond acceptors (Lipinski definition) is 4. The second kappa shape index (κ2) is 10.2. The highest BCUT2D eigenvalue weighted by Crippen LogP contribution is 2.30. The first kappa shape index (κ1) is 23.6. The number of likely N-dealkylation sites (N-methyl/N-ethyl adjacent to an activating group) is 1. The van der Waals surface area contributed by atoms with Gasteiger partial charge in [-0.15, -0.1) is 0 Å². The summed E-state index contributed by atoms with van der Waals surface area (Å²) < 4.78 is 6.15. The highest BCUT2D eigenvalue weighted by atomic mass is 16.5. The smallest absolute Gasteiger partial charge is 0.258 e. The van der Waals surface area contributed by atoms with Gasteiger partial charge in [0.2, 0.25) is 0 Å². The van der Waals surface area contributed by atoms with Crippen LogP contribution in [0.5, 0.6) is 5.75 Å². The molecule has 4 rings (SSSR count). The molecule has 2 fully saturated rings. The zero-order valence-corrected chi connectivity index (χ0v) is 20.9. The average Bonchev–Trinajstić information content (AvgIpc) is 3.30. The van der Waals surface area contributed by atoms with Crippen molar-refractivity contribution in [2.45, 2.75) is 58.1 Å². The maximum Gasteiger partial charge on any atom is 0.258 e. The number of hydrogen-bond donors (Lipinski definition) is 0. The van der Waals surface area contributed by atoms with E-state index in [-0.39, 0.29) is 5.91 Å². The van der Waals surface area contributed by atoms with Gasteiger partial charge in [0.25, 0.3) is 5.91 Å². The van der Waals surface area contributed by atoms with Gasteiger partial charge in [-0.25, -0.2) is 0 Å². The zero-order valence-electron chi connectivity index (χ0n) is 20.9. The molecule has 1 heterocycles. The third-order valence-electron chi connectivity index (χ3n) is 7.47. The van der Waals surface area contributed by atoms with E-state index in [2.05, 4.69) is 55.9 Å². The monoisotopic (exact) mass is 449 g/mol. The lowest BCUT2D eigenvalue weighted by Gasteiger charge is -2.27. The van der Waals surface area contributed by atoms with Crippen LogP contribution in [-0.4, -0.2) is 57.2 Å². The van der Waals surface area contributed by atoms with Crippen LogP contribution in [0.3, 0.4) is 0 Å². The molecular weight excluding hydrogens is 410 g/mol. The van der Waals surface area contributed by atoms with Crippen LogP contribution in [0.2, 0.25) is 0 Å². The largest absolute Gasteiger partial charge is 0.490 e. The summed E-state index contributed by atoms with van der Waals surface area (Å²) in [4.78, 5) is 19.6. The van der Waals surface area contributed by atoms with Crippen LogP contribution in [0.15, 0.2) is 42.5 Å². The van der Waals surface area contributed by atoms with Gasteiger partial charge in [-0.05, 0) is 107 Å². The highest BCUT2D eigenvalue weighted by Gasteiger charge is 2.25. The van der Waals surface area contributed by atoms with Crippen molar-refractivity contribution in [1.82, 2.24) is 4.90 Å². The summed E-state index contributed by atoms with van der Waals surface area (Å²) in [7, 11) is 6.15. The Morgan fingerprint density at radius 1 is 0.970 bits per heavy atom. The van der Waals surface area contributed by atoms with Gasteiger partial charge in [0.05, 0.1) is 6.10 Å². The Balaban J connectivity index is 1.39. The summed E-state index contributed by atoms with van der Waals surface area (Å²) in [6.45, 7) is 6.58. The fourth-order valence-electron chi connectivity index (χ4n) is 5.11. The Bertz CT molecular complexity index is 948. The first-order chi connectivity index (χ1) is 15.8. The maximum atomic E-state index is 13.1. The Labute approximate surface area is 199 Å². The molecular formula is C28H39N3O2. The quantitative estimate of drug-likeness (QED) is 0.594. The van der Waals surface area contributed by atoms with Crippen molar-refractivity contribution in [1.29, 1.82) is 0 Å². The number of ether oxygens (including phenoxy) is 1. The van der Waals surface area contributed by atoms with Crippen LogP contribution in [0.1, 0.15) is 54.9 Å². The Kier molecular flexibility index (Phi) is 7.28. The van der Waals surface area contributed by atoms with Crippen molar-refractivity contribution in [3.05, 3.63) is 53.6 Å². The standard InChI is InChI=1S/C28H39N3O2/c1-20-6-11-25(12-7-20)33-26-13-8-22(9-14-26)28(32)30(5)23-10-15-27(21(2)18-23)31-17-16-24(19-31)29(3)4/h8-10,13-15,18,20,24-25H,6-7,11-12,16-17,19H2,1-5H3. The molecule has 0 spiro atoms. The minimum atomic E-state index is -0.00552. The molecule has 2 aromatic carbocycles. The average molecular weight is 450 g/mol. The van der Waals surface area contributed by atoms with Crippen LogP contribution in [0.25, 0.3) is 0 Å². The molecule has 2 aromatic rings. The molecule has 1 atom stereocenters. The molecule has 1 saturated carbocycles. The van der Waals surface area contributed by atoms with Gasteiger partial charge in [-0.2, -0.15) is 0 Å². The van der Waals surface area contributed by atoms with Gasteiger partial charge >= 0.3 is 0 Å². The summed E-state index contributed by atoms with van der Waals surface area (Å²) in [5.41, 5.74) is 4.07. The van der Waals surface area contributed by atoms with Gasteiger partial charge in [-0.3, -0.25) is 4.79 Å². The molecule has 178 valence electrons. The highest BCUT2D eigenvalue weighted by molar-refractivity contribution is 6.05. The number of carbonyl (C=O) groups is 1. The second-order valence-electron chi connectivity index (χ2n) is 10.2. The van der Waals surface area contributed by atoms with Crippen molar-refractivity contribution in [3.63, 3.8) is 0 Å². The summed E-state index contributed by atoms with van der Waals surface area (Å²) in [6.07, 6.45) is 6.19. The number of nitrogens with zero attached hydrogens (tertiary/aromatic N) is 3. The molecule has 1 amide bonds. The number of rotatable bonds is 6. The Morgan fingerprint density at radius 2 is 1.67 bits per heavy atom.